The van der Waals surface area contributed by atoms with Gasteiger partial charge in [-0.1, -0.05) is 53.5 Å². The van der Waals surface area contributed by atoms with Gasteiger partial charge in [-0.2, -0.15) is 10.1 Å². The van der Waals surface area contributed by atoms with Crippen LogP contribution in [0.5, 0.6) is 5.75 Å². The zero-order valence-corrected chi connectivity index (χ0v) is 19.0. The number of benzene rings is 3. The second-order valence-corrected chi connectivity index (χ2v) is 8.14. The SMILES string of the molecule is CC1=NN(c2ccccc2)C(=O)/C1=C/c1cc(Cl)cc(Cl)c1OCc1ccc(C(=O)O)cc1. The van der Waals surface area contributed by atoms with Crippen LogP contribution in [0, 0.1) is 0 Å². The Morgan fingerprint density at radius 3 is 2.45 bits per heavy atom. The van der Waals surface area contributed by atoms with Crippen LogP contribution in [0.2, 0.25) is 10.0 Å². The molecule has 6 nitrogen and oxygen atoms in total. The van der Waals surface area contributed by atoms with Crippen molar-refractivity contribution in [3.63, 3.8) is 0 Å². The first kappa shape index (κ1) is 22.6. The first-order valence-electron chi connectivity index (χ1n) is 9.94. The number of anilines is 1. The van der Waals surface area contributed by atoms with Gasteiger partial charge in [-0.05, 0) is 55.0 Å². The number of rotatable bonds is 6. The van der Waals surface area contributed by atoms with Crippen molar-refractivity contribution in [2.24, 2.45) is 5.10 Å². The van der Waals surface area contributed by atoms with Crippen molar-refractivity contribution in [1.82, 2.24) is 0 Å². The Balaban J connectivity index is 1.63. The summed E-state index contributed by atoms with van der Waals surface area (Å²) >= 11 is 12.6. The van der Waals surface area contributed by atoms with Crippen LogP contribution in [-0.4, -0.2) is 22.7 Å². The average Bonchev–Trinajstić information content (AvgIpc) is 3.07. The van der Waals surface area contributed by atoms with Crippen molar-refractivity contribution >= 4 is 52.6 Å². The van der Waals surface area contributed by atoms with E-state index in [1.807, 2.05) is 18.2 Å². The number of carboxylic acid groups (broad SMARTS) is 1. The average molecular weight is 481 g/mol. The number of ether oxygens (including phenoxy) is 1. The molecule has 0 saturated carbocycles. The molecule has 166 valence electrons. The van der Waals surface area contributed by atoms with Gasteiger partial charge in [0.05, 0.1) is 27.6 Å². The third kappa shape index (κ3) is 4.92. The highest BCUT2D eigenvalue weighted by molar-refractivity contribution is 6.36. The maximum absolute atomic E-state index is 13.1. The topological polar surface area (TPSA) is 79.2 Å². The number of aromatic carboxylic acids is 1. The van der Waals surface area contributed by atoms with Gasteiger partial charge in [0.25, 0.3) is 5.91 Å². The van der Waals surface area contributed by atoms with Crippen LogP contribution in [0.4, 0.5) is 5.69 Å². The van der Waals surface area contributed by atoms with Crippen LogP contribution in [0.15, 0.2) is 77.4 Å². The lowest BCUT2D eigenvalue weighted by atomic mass is 10.1. The number of carbonyl (C=O) groups excluding carboxylic acids is 1. The number of hydrazone groups is 1. The Labute approximate surface area is 200 Å². The summed E-state index contributed by atoms with van der Waals surface area (Å²) in [6, 6.07) is 18.7. The van der Waals surface area contributed by atoms with Crippen molar-refractivity contribution < 1.29 is 19.4 Å². The number of carboxylic acids is 1. The maximum atomic E-state index is 13.1. The largest absolute Gasteiger partial charge is 0.487 e. The third-order valence-electron chi connectivity index (χ3n) is 4.98. The Morgan fingerprint density at radius 1 is 1.09 bits per heavy atom. The second kappa shape index (κ2) is 9.48. The summed E-state index contributed by atoms with van der Waals surface area (Å²) in [7, 11) is 0. The zero-order chi connectivity index (χ0) is 23.5. The van der Waals surface area contributed by atoms with Gasteiger partial charge in [-0.3, -0.25) is 4.79 Å². The smallest absolute Gasteiger partial charge is 0.335 e. The van der Waals surface area contributed by atoms with E-state index >= 15 is 0 Å². The molecule has 3 aromatic carbocycles. The molecule has 0 aromatic heterocycles. The van der Waals surface area contributed by atoms with Crippen molar-refractivity contribution in [2.75, 3.05) is 5.01 Å². The van der Waals surface area contributed by atoms with Crippen LogP contribution in [0.1, 0.15) is 28.4 Å². The lowest BCUT2D eigenvalue weighted by Crippen LogP contribution is -2.21. The van der Waals surface area contributed by atoms with E-state index in [0.29, 0.717) is 33.3 Å². The molecule has 4 rings (SSSR count). The molecule has 1 N–H and O–H groups in total. The van der Waals surface area contributed by atoms with Crippen LogP contribution < -0.4 is 9.75 Å². The van der Waals surface area contributed by atoms with E-state index < -0.39 is 5.97 Å². The van der Waals surface area contributed by atoms with Gasteiger partial charge >= 0.3 is 5.97 Å². The van der Waals surface area contributed by atoms with E-state index in [-0.39, 0.29) is 23.1 Å². The molecule has 1 aliphatic heterocycles. The summed E-state index contributed by atoms with van der Waals surface area (Å²) in [6.45, 7) is 1.90. The van der Waals surface area contributed by atoms with Crippen LogP contribution in [0.3, 0.4) is 0 Å². The van der Waals surface area contributed by atoms with E-state index in [0.717, 1.165) is 5.56 Å². The predicted octanol–water partition coefficient (Wildman–Crippen LogP) is 6.08. The number of hydrogen-bond acceptors (Lipinski definition) is 4. The summed E-state index contributed by atoms with van der Waals surface area (Å²) in [5, 5.41) is 15.5. The normalized spacial score (nSPS) is 14.5. The standard InChI is InChI=1S/C25H18Cl2N2O4/c1-15-21(24(30)29(28-15)20-5-3-2-4-6-20)12-18-11-19(26)13-22(27)23(18)33-14-16-7-9-17(10-8-16)25(31)32/h2-13H,14H2,1H3,(H,31,32)/b21-12+. The van der Waals surface area contributed by atoms with Gasteiger partial charge in [-0.25, -0.2) is 4.79 Å². The van der Waals surface area contributed by atoms with E-state index in [1.54, 1.807) is 49.4 Å². The fourth-order valence-corrected chi connectivity index (χ4v) is 3.89. The Kier molecular flexibility index (Phi) is 6.49. The third-order valence-corrected chi connectivity index (χ3v) is 5.48. The lowest BCUT2D eigenvalue weighted by Gasteiger charge is -2.13. The van der Waals surface area contributed by atoms with Crippen molar-refractivity contribution in [1.29, 1.82) is 0 Å². The Morgan fingerprint density at radius 2 is 1.79 bits per heavy atom. The molecule has 0 atom stereocenters. The molecule has 0 saturated heterocycles. The van der Waals surface area contributed by atoms with Gasteiger partial charge in [0.15, 0.2) is 0 Å². The second-order valence-electron chi connectivity index (χ2n) is 7.29. The fraction of sp³-hybridized carbons (Fsp3) is 0.0800. The monoisotopic (exact) mass is 480 g/mol. The summed E-state index contributed by atoms with van der Waals surface area (Å²) in [6.07, 6.45) is 1.66. The summed E-state index contributed by atoms with van der Waals surface area (Å²) in [4.78, 5) is 24.1. The molecule has 0 aliphatic carbocycles. The lowest BCUT2D eigenvalue weighted by molar-refractivity contribution is -0.114. The van der Waals surface area contributed by atoms with E-state index in [2.05, 4.69) is 5.10 Å². The van der Waals surface area contributed by atoms with Gasteiger partial charge in [0, 0.05) is 10.6 Å². The van der Waals surface area contributed by atoms with Crippen LogP contribution >= 0.6 is 23.2 Å². The first-order valence-corrected chi connectivity index (χ1v) is 10.7. The number of halogens is 2. The minimum Gasteiger partial charge on any atom is -0.487 e. The quantitative estimate of drug-likeness (QED) is 0.433. The number of nitrogens with zero attached hydrogens (tertiary/aromatic N) is 2. The van der Waals surface area contributed by atoms with Crippen molar-refractivity contribution in [3.8, 4) is 5.75 Å². The molecule has 0 spiro atoms. The number of hydrogen-bond donors (Lipinski definition) is 1. The highest BCUT2D eigenvalue weighted by atomic mass is 35.5. The molecule has 33 heavy (non-hydrogen) atoms. The molecule has 0 fully saturated rings. The molecular weight excluding hydrogens is 463 g/mol. The predicted molar refractivity (Wildman–Crippen MR) is 129 cm³/mol. The Bertz CT molecular complexity index is 1290. The summed E-state index contributed by atoms with van der Waals surface area (Å²) in [5.74, 6) is -0.917. The number of para-hydroxylation sites is 1. The van der Waals surface area contributed by atoms with Gasteiger partial charge in [0.2, 0.25) is 0 Å². The summed E-state index contributed by atoms with van der Waals surface area (Å²) < 4.78 is 5.95. The number of amides is 1. The van der Waals surface area contributed by atoms with E-state index in [4.69, 9.17) is 33.0 Å². The number of carbonyl (C=O) groups is 2. The molecule has 0 unspecified atom stereocenters. The molecule has 1 amide bonds. The molecule has 8 heteroatoms. The Hall–Kier alpha value is -3.61. The van der Waals surface area contributed by atoms with Gasteiger partial charge in [-0.15, -0.1) is 0 Å². The highest BCUT2D eigenvalue weighted by Crippen LogP contribution is 2.36. The molecule has 1 heterocycles. The minimum absolute atomic E-state index is 0.147. The fourth-order valence-electron chi connectivity index (χ4n) is 3.32. The highest BCUT2D eigenvalue weighted by Gasteiger charge is 2.29. The summed E-state index contributed by atoms with van der Waals surface area (Å²) in [5.41, 5.74) is 3.09. The molecular formula is C25H18Cl2N2O4. The van der Waals surface area contributed by atoms with E-state index in [1.165, 1.54) is 17.1 Å². The van der Waals surface area contributed by atoms with E-state index in [9.17, 15) is 9.59 Å². The zero-order valence-electron chi connectivity index (χ0n) is 17.5. The molecule has 3 aromatic rings. The molecule has 0 bridgehead atoms. The minimum atomic E-state index is -1.00. The van der Waals surface area contributed by atoms with Crippen molar-refractivity contribution in [3.05, 3.63) is 99.0 Å². The maximum Gasteiger partial charge on any atom is 0.335 e. The molecule has 1 aliphatic rings. The van der Waals surface area contributed by atoms with Gasteiger partial charge in [0.1, 0.15) is 12.4 Å². The van der Waals surface area contributed by atoms with Crippen LogP contribution in [-0.2, 0) is 11.4 Å². The molecule has 0 radical (unpaired) electrons. The van der Waals surface area contributed by atoms with Gasteiger partial charge < -0.3 is 9.84 Å². The first-order chi connectivity index (χ1) is 15.8. The van der Waals surface area contributed by atoms with Crippen molar-refractivity contribution in [2.45, 2.75) is 13.5 Å². The van der Waals surface area contributed by atoms with Crippen LogP contribution in [0.25, 0.3) is 6.08 Å².